The number of pyridine rings is 1. The molecule has 0 bridgehead atoms. The second kappa shape index (κ2) is 5.74. The Morgan fingerprint density at radius 2 is 1.67 bits per heavy atom. The van der Waals surface area contributed by atoms with E-state index < -0.39 is 0 Å². The number of para-hydroxylation sites is 1. The van der Waals surface area contributed by atoms with E-state index in [9.17, 15) is 9.18 Å². The highest BCUT2D eigenvalue weighted by Gasteiger charge is 2.18. The summed E-state index contributed by atoms with van der Waals surface area (Å²) in [5, 5.41) is 0.952. The van der Waals surface area contributed by atoms with Crippen LogP contribution in [0.2, 0.25) is 0 Å². The van der Waals surface area contributed by atoms with Gasteiger partial charge in [-0.2, -0.15) is 0 Å². The number of benzene rings is 2. The Balaban J connectivity index is 1.95. The molecule has 2 aromatic carbocycles. The monoisotopic (exact) mass is 316 g/mol. The molecule has 0 saturated heterocycles. The zero-order valence-electron chi connectivity index (χ0n) is 12.7. The van der Waals surface area contributed by atoms with Gasteiger partial charge in [0.15, 0.2) is 0 Å². The molecule has 0 saturated carbocycles. The number of hydrogen-bond donors (Lipinski definition) is 0. The Hall–Kier alpha value is -3.27. The van der Waals surface area contributed by atoms with E-state index >= 15 is 0 Å². The Bertz CT molecular complexity index is 1020. The van der Waals surface area contributed by atoms with Gasteiger partial charge in [-0.05, 0) is 48.5 Å². The molecule has 0 amide bonds. The number of hydrogen-bond acceptors (Lipinski definition) is 2. The van der Waals surface area contributed by atoms with Gasteiger partial charge in [-0.1, -0.05) is 24.3 Å². The second-order valence-electron chi connectivity index (χ2n) is 5.45. The van der Waals surface area contributed by atoms with E-state index in [-0.39, 0.29) is 11.6 Å². The third-order valence-corrected chi connectivity index (χ3v) is 3.93. The summed E-state index contributed by atoms with van der Waals surface area (Å²) in [6, 6.07) is 20.7. The van der Waals surface area contributed by atoms with Crippen molar-refractivity contribution in [3.05, 3.63) is 96.1 Å². The smallest absolute Gasteiger partial charge is 0.209 e. The number of carbonyl (C=O) groups is 1. The van der Waals surface area contributed by atoms with Crippen LogP contribution in [-0.4, -0.2) is 15.3 Å². The van der Waals surface area contributed by atoms with E-state index in [0.29, 0.717) is 17.1 Å². The fourth-order valence-electron chi connectivity index (χ4n) is 2.80. The lowest BCUT2D eigenvalue weighted by atomic mass is 10.1. The highest BCUT2D eigenvalue weighted by Crippen LogP contribution is 2.25. The molecule has 0 atom stereocenters. The summed E-state index contributed by atoms with van der Waals surface area (Å²) in [5.74, 6) is 0.137. The molecule has 0 aliphatic heterocycles. The van der Waals surface area contributed by atoms with Crippen LogP contribution in [0.4, 0.5) is 4.39 Å². The lowest BCUT2D eigenvalue weighted by Gasteiger charge is -2.09. The van der Waals surface area contributed by atoms with Crippen LogP contribution in [0.5, 0.6) is 0 Å². The first-order valence-corrected chi connectivity index (χ1v) is 7.56. The average molecular weight is 316 g/mol. The summed E-state index contributed by atoms with van der Waals surface area (Å²) < 4.78 is 15.0. The molecule has 4 rings (SSSR count). The molecule has 0 fully saturated rings. The molecule has 0 radical (unpaired) electrons. The first-order valence-electron chi connectivity index (χ1n) is 7.56. The van der Waals surface area contributed by atoms with Crippen molar-refractivity contribution in [1.29, 1.82) is 0 Å². The van der Waals surface area contributed by atoms with Gasteiger partial charge in [0, 0.05) is 17.1 Å². The summed E-state index contributed by atoms with van der Waals surface area (Å²) in [5.41, 5.74) is 1.85. The third-order valence-electron chi connectivity index (χ3n) is 3.93. The maximum Gasteiger partial charge on any atom is 0.209 e. The van der Waals surface area contributed by atoms with Gasteiger partial charge in [-0.3, -0.25) is 9.36 Å². The number of rotatable bonds is 3. The van der Waals surface area contributed by atoms with Crippen molar-refractivity contribution in [2.24, 2.45) is 0 Å². The maximum absolute atomic E-state index is 13.1. The molecule has 116 valence electrons. The molecular formula is C20H13FN2O. The first-order chi connectivity index (χ1) is 11.7. The van der Waals surface area contributed by atoms with E-state index in [1.54, 1.807) is 6.20 Å². The minimum absolute atomic E-state index is 0.170. The number of ketones is 1. The topological polar surface area (TPSA) is 34.9 Å². The van der Waals surface area contributed by atoms with Gasteiger partial charge in [0.2, 0.25) is 5.78 Å². The van der Waals surface area contributed by atoms with Gasteiger partial charge in [0.05, 0.1) is 11.2 Å². The van der Waals surface area contributed by atoms with Crippen molar-refractivity contribution < 1.29 is 9.18 Å². The zero-order chi connectivity index (χ0) is 16.5. The van der Waals surface area contributed by atoms with Gasteiger partial charge in [-0.15, -0.1) is 0 Å². The van der Waals surface area contributed by atoms with Gasteiger partial charge in [0.1, 0.15) is 11.6 Å². The van der Waals surface area contributed by atoms with E-state index in [0.717, 1.165) is 10.9 Å². The summed E-state index contributed by atoms with van der Waals surface area (Å²) in [7, 11) is 0. The van der Waals surface area contributed by atoms with E-state index in [1.807, 2.05) is 53.1 Å². The van der Waals surface area contributed by atoms with Crippen LogP contribution in [0, 0.1) is 5.82 Å². The average Bonchev–Trinajstić information content (AvgIpc) is 3.02. The SMILES string of the molecule is O=C(c1ccc(F)cc1)c1cc2ccccc2n1-c1ccccn1. The predicted octanol–water partition coefficient (Wildman–Crippen LogP) is 4.40. The minimum atomic E-state index is -0.364. The fraction of sp³-hybridized carbons (Fsp3) is 0. The minimum Gasteiger partial charge on any atom is -0.290 e. The Morgan fingerprint density at radius 1 is 0.917 bits per heavy atom. The molecule has 24 heavy (non-hydrogen) atoms. The van der Waals surface area contributed by atoms with Crippen LogP contribution in [-0.2, 0) is 0 Å². The number of aromatic nitrogens is 2. The Labute approximate surface area is 138 Å². The van der Waals surface area contributed by atoms with E-state index in [2.05, 4.69) is 4.98 Å². The van der Waals surface area contributed by atoms with Crippen molar-refractivity contribution in [2.75, 3.05) is 0 Å². The predicted molar refractivity (Wildman–Crippen MR) is 90.9 cm³/mol. The highest BCUT2D eigenvalue weighted by molar-refractivity contribution is 6.11. The van der Waals surface area contributed by atoms with Crippen molar-refractivity contribution in [2.45, 2.75) is 0 Å². The van der Waals surface area contributed by atoms with Crippen molar-refractivity contribution >= 4 is 16.7 Å². The number of carbonyl (C=O) groups excluding carboxylic acids is 1. The first kappa shape index (κ1) is 14.3. The summed E-state index contributed by atoms with van der Waals surface area (Å²) >= 11 is 0. The van der Waals surface area contributed by atoms with Crippen LogP contribution >= 0.6 is 0 Å². The van der Waals surface area contributed by atoms with E-state index in [4.69, 9.17) is 0 Å². The molecule has 4 aromatic rings. The number of nitrogens with zero attached hydrogens (tertiary/aromatic N) is 2. The molecule has 4 heteroatoms. The molecule has 0 unspecified atom stereocenters. The van der Waals surface area contributed by atoms with Crippen molar-refractivity contribution in [3.8, 4) is 5.82 Å². The summed E-state index contributed by atoms with van der Waals surface area (Å²) in [6.07, 6.45) is 1.69. The number of fused-ring (bicyclic) bond motifs is 1. The summed E-state index contributed by atoms with van der Waals surface area (Å²) in [6.45, 7) is 0. The summed E-state index contributed by atoms with van der Waals surface area (Å²) in [4.78, 5) is 17.3. The van der Waals surface area contributed by atoms with Crippen LogP contribution in [0.25, 0.3) is 16.7 Å². The second-order valence-corrected chi connectivity index (χ2v) is 5.45. The van der Waals surface area contributed by atoms with Gasteiger partial charge < -0.3 is 0 Å². The van der Waals surface area contributed by atoms with Crippen LogP contribution < -0.4 is 0 Å². The molecule has 2 heterocycles. The van der Waals surface area contributed by atoms with Crippen molar-refractivity contribution in [3.63, 3.8) is 0 Å². The molecule has 0 N–H and O–H groups in total. The molecule has 0 aliphatic carbocycles. The van der Waals surface area contributed by atoms with Gasteiger partial charge in [0.25, 0.3) is 0 Å². The van der Waals surface area contributed by atoms with Crippen LogP contribution in [0.1, 0.15) is 16.1 Å². The molecular weight excluding hydrogens is 303 g/mol. The third kappa shape index (κ3) is 2.38. The van der Waals surface area contributed by atoms with Crippen molar-refractivity contribution in [1.82, 2.24) is 9.55 Å². The standard InChI is InChI=1S/C20H13FN2O/c21-16-10-8-14(9-11-16)20(24)18-13-15-5-1-2-6-17(15)23(18)19-7-3-4-12-22-19/h1-13H. The number of halogens is 1. The van der Waals surface area contributed by atoms with Crippen LogP contribution in [0.3, 0.4) is 0 Å². The quantitative estimate of drug-likeness (QED) is 0.525. The normalized spacial score (nSPS) is 10.9. The maximum atomic E-state index is 13.1. The lowest BCUT2D eigenvalue weighted by Crippen LogP contribution is -2.09. The highest BCUT2D eigenvalue weighted by atomic mass is 19.1. The van der Waals surface area contributed by atoms with Gasteiger partial charge >= 0.3 is 0 Å². The Morgan fingerprint density at radius 3 is 2.42 bits per heavy atom. The fourth-order valence-corrected chi connectivity index (χ4v) is 2.80. The molecule has 0 spiro atoms. The molecule has 3 nitrogen and oxygen atoms in total. The largest absolute Gasteiger partial charge is 0.290 e. The molecule has 0 aliphatic rings. The zero-order valence-corrected chi connectivity index (χ0v) is 12.7. The van der Waals surface area contributed by atoms with Gasteiger partial charge in [-0.25, -0.2) is 9.37 Å². The van der Waals surface area contributed by atoms with E-state index in [1.165, 1.54) is 24.3 Å². The van der Waals surface area contributed by atoms with Crippen LogP contribution in [0.15, 0.2) is 79.0 Å². The lowest BCUT2D eigenvalue weighted by molar-refractivity contribution is 0.103. The Kier molecular flexibility index (Phi) is 3.43. The molecule has 2 aromatic heterocycles.